The van der Waals surface area contributed by atoms with Gasteiger partial charge in [-0.3, -0.25) is 5.10 Å². The monoisotopic (exact) mass is 253 g/mol. The number of nitrogens with zero attached hydrogens (tertiary/aromatic N) is 2. The van der Waals surface area contributed by atoms with Gasteiger partial charge in [0.15, 0.2) is 0 Å². The molecule has 0 aliphatic heterocycles. The molecule has 1 heterocycles. The fourth-order valence-electron chi connectivity index (χ4n) is 1.26. The van der Waals surface area contributed by atoms with Gasteiger partial charge in [0.25, 0.3) is 0 Å². The fraction of sp³-hybridized carbons (Fsp3) is 0.100. The summed E-state index contributed by atoms with van der Waals surface area (Å²) in [5, 5.41) is 15.8. The fourth-order valence-corrected chi connectivity index (χ4v) is 2.17. The van der Waals surface area contributed by atoms with Crippen LogP contribution in [0.25, 0.3) is 0 Å². The number of aromatic nitrogens is 3. The molecule has 0 amide bonds. The molecular formula is C10H8FN3O2S. The largest absolute Gasteiger partial charge is 0.478 e. The summed E-state index contributed by atoms with van der Waals surface area (Å²) in [6, 6.07) is 4.07. The second-order valence-corrected chi connectivity index (χ2v) is 4.23. The summed E-state index contributed by atoms with van der Waals surface area (Å²) in [5.41, 5.74) is -0.361. The Kier molecular flexibility index (Phi) is 3.10. The number of aromatic amines is 1. The van der Waals surface area contributed by atoms with Crippen molar-refractivity contribution in [2.24, 2.45) is 0 Å². The number of hydrogen-bond donors (Lipinski definition) is 2. The van der Waals surface area contributed by atoms with E-state index in [-0.39, 0.29) is 10.5 Å². The second-order valence-electron chi connectivity index (χ2n) is 3.22. The highest BCUT2D eigenvalue weighted by atomic mass is 32.2. The van der Waals surface area contributed by atoms with Crippen LogP contribution in [-0.4, -0.2) is 26.3 Å². The molecule has 2 rings (SSSR count). The zero-order valence-electron chi connectivity index (χ0n) is 8.77. The summed E-state index contributed by atoms with van der Waals surface area (Å²) in [4.78, 5) is 15.2. The number of carbonyl (C=O) groups is 1. The summed E-state index contributed by atoms with van der Waals surface area (Å²) in [7, 11) is 0. The van der Waals surface area contributed by atoms with Crippen molar-refractivity contribution in [3.8, 4) is 0 Å². The van der Waals surface area contributed by atoms with Gasteiger partial charge in [-0.1, -0.05) is 6.07 Å². The van der Waals surface area contributed by atoms with Gasteiger partial charge in [0, 0.05) is 4.90 Å². The van der Waals surface area contributed by atoms with Crippen LogP contribution in [0.15, 0.2) is 28.3 Å². The Labute approximate surface area is 100 Å². The molecule has 0 atom stereocenters. The van der Waals surface area contributed by atoms with Gasteiger partial charge in [0.05, 0.1) is 0 Å². The number of benzene rings is 1. The van der Waals surface area contributed by atoms with Crippen LogP contribution < -0.4 is 0 Å². The maximum atomic E-state index is 13.4. The Morgan fingerprint density at radius 2 is 2.29 bits per heavy atom. The first-order valence-corrected chi connectivity index (χ1v) is 5.48. The van der Waals surface area contributed by atoms with Crippen LogP contribution in [0.2, 0.25) is 0 Å². The summed E-state index contributed by atoms with van der Waals surface area (Å²) < 4.78 is 13.4. The molecule has 0 spiro atoms. The smallest absolute Gasteiger partial charge is 0.339 e. The Morgan fingerprint density at radius 1 is 1.53 bits per heavy atom. The third kappa shape index (κ3) is 2.44. The SMILES string of the molecule is Cc1nc(Sc2cccc(F)c2C(=O)O)n[nH]1. The predicted molar refractivity (Wildman–Crippen MR) is 58.6 cm³/mol. The number of aromatic carboxylic acids is 1. The van der Waals surface area contributed by atoms with E-state index >= 15 is 0 Å². The topological polar surface area (TPSA) is 78.9 Å². The van der Waals surface area contributed by atoms with Crippen LogP contribution >= 0.6 is 11.8 Å². The zero-order valence-corrected chi connectivity index (χ0v) is 9.58. The number of aryl methyl sites for hydroxylation is 1. The third-order valence-electron chi connectivity index (χ3n) is 1.97. The van der Waals surface area contributed by atoms with E-state index in [1.54, 1.807) is 6.92 Å². The van der Waals surface area contributed by atoms with Crippen LogP contribution in [0, 0.1) is 12.7 Å². The first-order chi connectivity index (χ1) is 8.08. The number of carboxylic acid groups (broad SMARTS) is 1. The number of carboxylic acids is 1. The van der Waals surface area contributed by atoms with E-state index in [0.717, 1.165) is 17.8 Å². The van der Waals surface area contributed by atoms with Crippen LogP contribution in [0.3, 0.4) is 0 Å². The molecule has 0 radical (unpaired) electrons. The molecule has 88 valence electrons. The Morgan fingerprint density at radius 3 is 2.88 bits per heavy atom. The number of halogens is 1. The van der Waals surface area contributed by atoms with E-state index in [1.807, 2.05) is 0 Å². The lowest BCUT2D eigenvalue weighted by molar-refractivity contribution is 0.0688. The predicted octanol–water partition coefficient (Wildman–Crippen LogP) is 2.10. The van der Waals surface area contributed by atoms with Crippen LogP contribution in [0.5, 0.6) is 0 Å². The van der Waals surface area contributed by atoms with E-state index in [4.69, 9.17) is 5.11 Å². The van der Waals surface area contributed by atoms with E-state index in [9.17, 15) is 9.18 Å². The number of H-pyrrole nitrogens is 1. The lowest BCUT2D eigenvalue weighted by Gasteiger charge is -2.03. The summed E-state index contributed by atoms with van der Waals surface area (Å²) in [6.45, 7) is 1.72. The van der Waals surface area contributed by atoms with Crippen LogP contribution in [0.4, 0.5) is 4.39 Å². The highest BCUT2D eigenvalue weighted by Gasteiger charge is 2.17. The van der Waals surface area contributed by atoms with Gasteiger partial charge in [-0.05, 0) is 30.8 Å². The summed E-state index contributed by atoms with van der Waals surface area (Å²) >= 11 is 1.00. The first kappa shape index (κ1) is 11.6. The van der Waals surface area contributed by atoms with Gasteiger partial charge in [0.2, 0.25) is 5.16 Å². The molecular weight excluding hydrogens is 245 g/mol. The van der Waals surface area contributed by atoms with Crippen molar-refractivity contribution >= 4 is 17.7 Å². The normalized spacial score (nSPS) is 10.5. The number of rotatable bonds is 3. The third-order valence-corrected chi connectivity index (χ3v) is 2.89. The molecule has 0 aliphatic carbocycles. The van der Waals surface area contributed by atoms with Crippen molar-refractivity contribution in [2.75, 3.05) is 0 Å². The van der Waals surface area contributed by atoms with Crippen molar-refractivity contribution in [3.05, 3.63) is 35.4 Å². The lowest BCUT2D eigenvalue weighted by Crippen LogP contribution is -2.02. The minimum atomic E-state index is -1.31. The molecule has 5 nitrogen and oxygen atoms in total. The molecule has 2 N–H and O–H groups in total. The summed E-state index contributed by atoms with van der Waals surface area (Å²) in [5.74, 6) is -1.46. The van der Waals surface area contributed by atoms with Crippen molar-refractivity contribution in [1.29, 1.82) is 0 Å². The van der Waals surface area contributed by atoms with Crippen LogP contribution in [-0.2, 0) is 0 Å². The molecule has 0 unspecified atom stereocenters. The van der Waals surface area contributed by atoms with E-state index in [0.29, 0.717) is 11.0 Å². The number of nitrogens with one attached hydrogen (secondary N) is 1. The highest BCUT2D eigenvalue weighted by molar-refractivity contribution is 7.99. The van der Waals surface area contributed by atoms with Crippen molar-refractivity contribution in [3.63, 3.8) is 0 Å². The van der Waals surface area contributed by atoms with E-state index in [1.165, 1.54) is 12.1 Å². The standard InChI is InChI=1S/C10H8FN3O2S/c1-5-12-10(14-13-5)17-7-4-2-3-6(11)8(7)9(15)16/h2-4H,1H3,(H,15,16)(H,12,13,14). The van der Waals surface area contributed by atoms with E-state index in [2.05, 4.69) is 15.2 Å². The Balaban J connectivity index is 2.39. The molecule has 1 aromatic carbocycles. The van der Waals surface area contributed by atoms with Gasteiger partial charge in [0.1, 0.15) is 17.2 Å². The maximum absolute atomic E-state index is 13.4. The average Bonchev–Trinajstić information content (AvgIpc) is 2.63. The Hall–Kier alpha value is -1.89. The lowest BCUT2D eigenvalue weighted by atomic mass is 10.2. The van der Waals surface area contributed by atoms with E-state index < -0.39 is 11.8 Å². The van der Waals surface area contributed by atoms with Gasteiger partial charge in [-0.2, -0.15) is 0 Å². The highest BCUT2D eigenvalue weighted by Crippen LogP contribution is 2.29. The molecule has 0 saturated carbocycles. The van der Waals surface area contributed by atoms with Crippen molar-refractivity contribution < 1.29 is 14.3 Å². The minimum absolute atomic E-state index is 0.275. The molecule has 1 aromatic heterocycles. The molecule has 0 saturated heterocycles. The van der Waals surface area contributed by atoms with Crippen LogP contribution in [0.1, 0.15) is 16.2 Å². The Bertz CT molecular complexity index is 570. The maximum Gasteiger partial charge on any atom is 0.339 e. The molecule has 17 heavy (non-hydrogen) atoms. The molecule has 0 fully saturated rings. The second kappa shape index (κ2) is 4.54. The first-order valence-electron chi connectivity index (χ1n) is 4.66. The van der Waals surface area contributed by atoms with Gasteiger partial charge in [-0.25, -0.2) is 14.2 Å². The molecule has 0 aliphatic rings. The van der Waals surface area contributed by atoms with Crippen molar-refractivity contribution in [2.45, 2.75) is 17.0 Å². The minimum Gasteiger partial charge on any atom is -0.478 e. The summed E-state index contributed by atoms with van der Waals surface area (Å²) in [6.07, 6.45) is 0. The quantitative estimate of drug-likeness (QED) is 0.875. The van der Waals surface area contributed by atoms with Crippen molar-refractivity contribution in [1.82, 2.24) is 15.2 Å². The molecule has 2 aromatic rings. The average molecular weight is 253 g/mol. The molecule has 7 heteroatoms. The van der Waals surface area contributed by atoms with Gasteiger partial charge >= 0.3 is 5.97 Å². The van der Waals surface area contributed by atoms with Gasteiger partial charge in [-0.15, -0.1) is 5.10 Å². The molecule has 0 bridgehead atoms. The zero-order chi connectivity index (χ0) is 12.4. The van der Waals surface area contributed by atoms with Gasteiger partial charge < -0.3 is 5.11 Å². The number of hydrogen-bond acceptors (Lipinski definition) is 4.